The molecular formula is C12H20N2O4. The molecule has 2 aliphatic rings. The van der Waals surface area contributed by atoms with E-state index in [-0.39, 0.29) is 18.2 Å². The van der Waals surface area contributed by atoms with Gasteiger partial charge in [0.2, 0.25) is 0 Å². The number of amides is 2. The molecule has 2 N–H and O–H groups in total. The molecule has 2 rings (SSSR count). The monoisotopic (exact) mass is 256 g/mol. The van der Waals surface area contributed by atoms with E-state index in [1.807, 2.05) is 0 Å². The van der Waals surface area contributed by atoms with Crippen LogP contribution in [-0.4, -0.2) is 54.4 Å². The fraction of sp³-hybridized carbons (Fsp3) is 0.833. The molecule has 6 heteroatoms. The van der Waals surface area contributed by atoms with Crippen LogP contribution in [0.4, 0.5) is 4.79 Å². The molecule has 1 saturated heterocycles. The lowest BCUT2D eigenvalue weighted by Crippen LogP contribution is -2.43. The van der Waals surface area contributed by atoms with Crippen molar-refractivity contribution < 1.29 is 19.4 Å². The first kappa shape index (κ1) is 13.1. The Balaban J connectivity index is 1.77. The minimum absolute atomic E-state index is 0.138. The normalized spacial score (nSPS) is 31.6. The first-order valence-corrected chi connectivity index (χ1v) is 6.41. The Morgan fingerprint density at radius 3 is 2.67 bits per heavy atom. The molecule has 1 saturated carbocycles. The first-order valence-electron chi connectivity index (χ1n) is 6.41. The van der Waals surface area contributed by atoms with E-state index < -0.39 is 11.9 Å². The molecule has 1 heterocycles. The van der Waals surface area contributed by atoms with Crippen molar-refractivity contribution in [3.8, 4) is 0 Å². The van der Waals surface area contributed by atoms with Gasteiger partial charge in [0.15, 0.2) is 0 Å². The van der Waals surface area contributed by atoms with Crippen molar-refractivity contribution in [2.45, 2.75) is 37.8 Å². The van der Waals surface area contributed by atoms with Crippen LogP contribution in [0.25, 0.3) is 0 Å². The molecular weight excluding hydrogens is 236 g/mol. The zero-order valence-corrected chi connectivity index (χ0v) is 10.6. The van der Waals surface area contributed by atoms with Crippen molar-refractivity contribution in [3.05, 3.63) is 0 Å². The smallest absolute Gasteiger partial charge is 0.317 e. The third-order valence-corrected chi connectivity index (χ3v) is 3.87. The summed E-state index contributed by atoms with van der Waals surface area (Å²) in [5.74, 6) is -1.23. The Labute approximate surface area is 106 Å². The maximum Gasteiger partial charge on any atom is 0.317 e. The van der Waals surface area contributed by atoms with E-state index in [4.69, 9.17) is 9.84 Å². The summed E-state index contributed by atoms with van der Waals surface area (Å²) in [6.07, 6.45) is 3.53. The molecule has 2 amide bonds. The number of methoxy groups -OCH3 is 1. The highest BCUT2D eigenvalue weighted by Gasteiger charge is 2.33. The predicted molar refractivity (Wildman–Crippen MR) is 64.3 cm³/mol. The number of rotatable bonds is 3. The van der Waals surface area contributed by atoms with Gasteiger partial charge >= 0.3 is 12.0 Å². The molecule has 3 atom stereocenters. The average Bonchev–Trinajstić information content (AvgIpc) is 2.97. The Morgan fingerprint density at radius 1 is 1.33 bits per heavy atom. The third-order valence-electron chi connectivity index (χ3n) is 3.87. The minimum Gasteiger partial charge on any atom is -0.481 e. The fourth-order valence-electron chi connectivity index (χ4n) is 2.70. The van der Waals surface area contributed by atoms with Gasteiger partial charge in [-0.3, -0.25) is 4.79 Å². The lowest BCUT2D eigenvalue weighted by atomic mass is 10.1. The summed E-state index contributed by atoms with van der Waals surface area (Å²) < 4.78 is 5.25. The second-order valence-electron chi connectivity index (χ2n) is 5.09. The number of aliphatic carboxylic acids is 1. The lowest BCUT2D eigenvalue weighted by molar-refractivity contribution is -0.141. The van der Waals surface area contributed by atoms with Crippen molar-refractivity contribution in [3.63, 3.8) is 0 Å². The molecule has 0 aromatic heterocycles. The highest BCUT2D eigenvalue weighted by Crippen LogP contribution is 2.22. The highest BCUT2D eigenvalue weighted by atomic mass is 16.5. The molecule has 0 aromatic carbocycles. The van der Waals surface area contributed by atoms with Crippen LogP contribution in [0.1, 0.15) is 25.7 Å². The zero-order valence-electron chi connectivity index (χ0n) is 10.6. The van der Waals surface area contributed by atoms with E-state index in [0.717, 1.165) is 19.3 Å². The molecule has 2 fully saturated rings. The summed E-state index contributed by atoms with van der Waals surface area (Å²) in [6.45, 7) is 0.852. The molecule has 0 aromatic rings. The number of urea groups is 1. The van der Waals surface area contributed by atoms with Crippen LogP contribution in [0, 0.1) is 5.92 Å². The van der Waals surface area contributed by atoms with Gasteiger partial charge in [-0.1, -0.05) is 0 Å². The summed E-state index contributed by atoms with van der Waals surface area (Å²) in [5.41, 5.74) is 0. The predicted octanol–water partition coefficient (Wildman–Crippen LogP) is 0.670. The quantitative estimate of drug-likeness (QED) is 0.778. The number of hydrogen-bond acceptors (Lipinski definition) is 3. The minimum atomic E-state index is -0.814. The van der Waals surface area contributed by atoms with Gasteiger partial charge in [-0.05, 0) is 25.7 Å². The van der Waals surface area contributed by atoms with Gasteiger partial charge in [-0.15, -0.1) is 0 Å². The summed E-state index contributed by atoms with van der Waals surface area (Å²) in [5, 5.41) is 11.8. The topological polar surface area (TPSA) is 78.9 Å². The van der Waals surface area contributed by atoms with Crippen molar-refractivity contribution in [2.24, 2.45) is 5.92 Å². The van der Waals surface area contributed by atoms with E-state index in [9.17, 15) is 9.59 Å². The summed E-state index contributed by atoms with van der Waals surface area (Å²) in [7, 11) is 1.69. The molecule has 0 radical (unpaired) electrons. The molecule has 102 valence electrons. The second-order valence-corrected chi connectivity index (χ2v) is 5.09. The maximum atomic E-state index is 11.9. The molecule has 0 spiro atoms. The Bertz CT molecular complexity index is 334. The second kappa shape index (κ2) is 5.56. The van der Waals surface area contributed by atoms with Crippen LogP contribution < -0.4 is 5.32 Å². The number of hydrogen-bond donors (Lipinski definition) is 2. The lowest BCUT2D eigenvalue weighted by Gasteiger charge is -2.20. The van der Waals surface area contributed by atoms with Crippen LogP contribution in [0.2, 0.25) is 0 Å². The van der Waals surface area contributed by atoms with Gasteiger partial charge in [-0.2, -0.15) is 0 Å². The largest absolute Gasteiger partial charge is 0.481 e. The number of carbonyl (C=O) groups excluding carboxylic acids is 1. The molecule has 18 heavy (non-hydrogen) atoms. The Hall–Kier alpha value is -1.30. The standard InChI is InChI=1S/C12H20N2O4/c1-18-10-3-2-9(6-10)13-12(17)14-5-4-8(7-14)11(15)16/h8-10H,2-7H2,1H3,(H,13,17)(H,15,16). The molecule has 1 aliphatic heterocycles. The first-order chi connectivity index (χ1) is 8.60. The van der Waals surface area contributed by atoms with Gasteiger partial charge in [0.1, 0.15) is 0 Å². The molecule has 0 bridgehead atoms. The molecule has 3 unspecified atom stereocenters. The van der Waals surface area contributed by atoms with Gasteiger partial charge in [-0.25, -0.2) is 4.79 Å². The number of nitrogens with zero attached hydrogens (tertiary/aromatic N) is 1. The Kier molecular flexibility index (Phi) is 4.06. The molecule has 1 aliphatic carbocycles. The maximum absolute atomic E-state index is 11.9. The van der Waals surface area contributed by atoms with E-state index in [0.29, 0.717) is 19.5 Å². The summed E-state index contributed by atoms with van der Waals surface area (Å²) >= 11 is 0. The highest BCUT2D eigenvalue weighted by molar-refractivity contribution is 5.77. The van der Waals surface area contributed by atoms with Crippen molar-refractivity contribution in [1.29, 1.82) is 0 Å². The van der Waals surface area contributed by atoms with Gasteiger partial charge in [0, 0.05) is 26.2 Å². The summed E-state index contributed by atoms with van der Waals surface area (Å²) in [4.78, 5) is 24.4. The number of carboxylic acid groups (broad SMARTS) is 1. The number of ether oxygens (including phenoxy) is 1. The van der Waals surface area contributed by atoms with Crippen LogP contribution in [0.3, 0.4) is 0 Å². The number of likely N-dealkylation sites (tertiary alicyclic amines) is 1. The van der Waals surface area contributed by atoms with Gasteiger partial charge < -0.3 is 20.1 Å². The SMILES string of the molecule is COC1CCC(NC(=O)N2CCC(C(=O)O)C2)C1. The fourth-order valence-corrected chi connectivity index (χ4v) is 2.70. The molecule has 6 nitrogen and oxygen atoms in total. The number of carboxylic acids is 1. The van der Waals surface area contributed by atoms with Gasteiger partial charge in [0.05, 0.1) is 12.0 Å². The van der Waals surface area contributed by atoms with E-state index in [1.54, 1.807) is 12.0 Å². The van der Waals surface area contributed by atoms with Crippen LogP contribution in [0.5, 0.6) is 0 Å². The van der Waals surface area contributed by atoms with Crippen molar-refractivity contribution in [1.82, 2.24) is 10.2 Å². The van der Waals surface area contributed by atoms with Crippen molar-refractivity contribution in [2.75, 3.05) is 20.2 Å². The van der Waals surface area contributed by atoms with E-state index in [2.05, 4.69) is 5.32 Å². The average molecular weight is 256 g/mol. The van der Waals surface area contributed by atoms with E-state index in [1.165, 1.54) is 0 Å². The van der Waals surface area contributed by atoms with E-state index >= 15 is 0 Å². The third kappa shape index (κ3) is 2.93. The van der Waals surface area contributed by atoms with Crippen LogP contribution in [-0.2, 0) is 9.53 Å². The zero-order chi connectivity index (χ0) is 13.1. The van der Waals surface area contributed by atoms with Gasteiger partial charge in [0.25, 0.3) is 0 Å². The summed E-state index contributed by atoms with van der Waals surface area (Å²) in [6, 6.07) is 0.0202. The van der Waals surface area contributed by atoms with Crippen LogP contribution in [0.15, 0.2) is 0 Å². The number of nitrogens with one attached hydrogen (secondary N) is 1. The number of carbonyl (C=O) groups is 2. The Morgan fingerprint density at radius 2 is 2.11 bits per heavy atom. The van der Waals surface area contributed by atoms with Crippen LogP contribution >= 0.6 is 0 Å². The van der Waals surface area contributed by atoms with Crippen molar-refractivity contribution >= 4 is 12.0 Å².